The minimum atomic E-state index is -2.75. The third-order valence-electron chi connectivity index (χ3n) is 8.64. The Balaban J connectivity index is 1.78. The van der Waals surface area contributed by atoms with Crippen LogP contribution in [-0.4, -0.2) is 74.7 Å². The zero-order chi connectivity index (χ0) is 30.9. The maximum atomic E-state index is 14.4. The van der Waals surface area contributed by atoms with Crippen molar-refractivity contribution >= 4 is 29.0 Å². The van der Waals surface area contributed by atoms with Crippen molar-refractivity contribution in [1.29, 1.82) is 5.26 Å². The number of ketones is 3. The summed E-state index contributed by atoms with van der Waals surface area (Å²) in [5, 5.41) is 44.0. The summed E-state index contributed by atoms with van der Waals surface area (Å²) in [7, 11) is 2.87. The van der Waals surface area contributed by atoms with Gasteiger partial charge in [0.2, 0.25) is 0 Å². The van der Waals surface area contributed by atoms with Gasteiger partial charge in [-0.25, -0.2) is 0 Å². The van der Waals surface area contributed by atoms with Crippen molar-refractivity contribution < 1.29 is 34.5 Å². The number of carbonyl (C=O) groups is 4. The van der Waals surface area contributed by atoms with Crippen LogP contribution in [0.4, 0.5) is 0 Å². The molecule has 0 bridgehead atoms. The standard InChI is InChI=1S/C30H29N5O7/c1-35(2)24-23(39)20(27(32)42)25(40)29(13-31)26(41)21-22(38)19-16(11-28(21,33)12-30(24,29)34)15(8-9-17(19)36)18(37)10-14-6-4-3-5-7-14/h3-9,24,36,38,40H,10-12,33-34H2,1-2H3,(H2,32,42)/t24-,28-,29+,30-/m1/s1. The molecule has 42 heavy (non-hydrogen) atoms. The normalized spacial score (nSPS) is 28.6. The molecule has 2 aromatic carbocycles. The van der Waals surface area contributed by atoms with E-state index in [0.29, 0.717) is 0 Å². The molecule has 5 rings (SSSR count). The maximum absolute atomic E-state index is 14.4. The molecule has 4 atom stereocenters. The Morgan fingerprint density at radius 2 is 1.71 bits per heavy atom. The summed E-state index contributed by atoms with van der Waals surface area (Å²) in [6.45, 7) is 0. The van der Waals surface area contributed by atoms with Crippen LogP contribution in [0.15, 0.2) is 59.4 Å². The molecule has 12 nitrogen and oxygen atoms in total. The number of aliphatic hydroxyl groups excluding tert-OH is 2. The number of amides is 1. The van der Waals surface area contributed by atoms with E-state index >= 15 is 0 Å². The minimum absolute atomic E-state index is 0.00394. The molecule has 1 amide bonds. The van der Waals surface area contributed by atoms with Gasteiger partial charge in [-0.2, -0.15) is 5.26 Å². The number of phenols is 1. The predicted molar refractivity (Wildman–Crippen MR) is 149 cm³/mol. The molecular formula is C30H29N5O7. The molecule has 216 valence electrons. The lowest BCUT2D eigenvalue weighted by Gasteiger charge is -2.58. The van der Waals surface area contributed by atoms with Crippen LogP contribution in [0, 0.1) is 16.7 Å². The fourth-order valence-corrected chi connectivity index (χ4v) is 6.97. The van der Waals surface area contributed by atoms with Crippen LogP contribution < -0.4 is 17.2 Å². The Hall–Kier alpha value is -4.83. The van der Waals surface area contributed by atoms with Gasteiger partial charge in [0.25, 0.3) is 5.91 Å². The number of nitrogens with two attached hydrogens (primary N) is 3. The van der Waals surface area contributed by atoms with E-state index in [1.54, 1.807) is 36.4 Å². The van der Waals surface area contributed by atoms with E-state index in [0.717, 1.165) is 5.56 Å². The van der Waals surface area contributed by atoms with E-state index in [9.17, 15) is 39.8 Å². The smallest absolute Gasteiger partial charge is 0.255 e. The second-order valence-corrected chi connectivity index (χ2v) is 11.4. The van der Waals surface area contributed by atoms with Crippen molar-refractivity contribution in [2.24, 2.45) is 22.6 Å². The first-order chi connectivity index (χ1) is 19.7. The average Bonchev–Trinajstić information content (AvgIpc) is 2.88. The van der Waals surface area contributed by atoms with Crippen LogP contribution in [0.25, 0.3) is 5.76 Å². The first-order valence-corrected chi connectivity index (χ1v) is 13.0. The zero-order valence-electron chi connectivity index (χ0n) is 22.8. The molecule has 0 aromatic heterocycles. The number of likely N-dealkylation sites (N-methyl/N-ethyl adjacent to an activating group) is 1. The van der Waals surface area contributed by atoms with Gasteiger partial charge in [0, 0.05) is 12.0 Å². The third kappa shape index (κ3) is 3.58. The number of nitriles is 1. The molecule has 3 aliphatic carbocycles. The second-order valence-electron chi connectivity index (χ2n) is 11.4. The molecule has 0 radical (unpaired) electrons. The van der Waals surface area contributed by atoms with Gasteiger partial charge < -0.3 is 32.5 Å². The van der Waals surface area contributed by atoms with E-state index in [4.69, 9.17) is 17.2 Å². The second kappa shape index (κ2) is 9.35. The lowest BCUT2D eigenvalue weighted by Crippen LogP contribution is -2.80. The van der Waals surface area contributed by atoms with Crippen molar-refractivity contribution in [1.82, 2.24) is 4.90 Å². The number of Topliss-reactive ketones (excluding diaryl/α,β-unsaturated/α-hetero) is 3. The first-order valence-electron chi connectivity index (χ1n) is 13.0. The lowest BCUT2D eigenvalue weighted by atomic mass is 9.47. The Kier molecular flexibility index (Phi) is 6.39. The number of nitrogens with zero attached hydrogens (tertiary/aromatic N) is 2. The van der Waals surface area contributed by atoms with Gasteiger partial charge >= 0.3 is 0 Å². The Labute approximate surface area is 240 Å². The number of aromatic hydroxyl groups is 1. The SMILES string of the molecule is CN(C)[C@@H]1C(=O)C(C(N)=O)=C(O)[C@@]2(C#N)C(=O)C3=C(O)c4c(O)ccc(C(=O)Cc5ccccc5)c4C[C@@]3(N)C[C@@]12N. The van der Waals surface area contributed by atoms with Crippen molar-refractivity contribution in [3.8, 4) is 11.8 Å². The summed E-state index contributed by atoms with van der Waals surface area (Å²) in [6, 6.07) is 11.7. The van der Waals surface area contributed by atoms with E-state index in [-0.39, 0.29) is 35.3 Å². The summed E-state index contributed by atoms with van der Waals surface area (Å²) in [4.78, 5) is 54.9. The van der Waals surface area contributed by atoms with Crippen molar-refractivity contribution in [3.63, 3.8) is 0 Å². The predicted octanol–water partition coefficient (Wildman–Crippen LogP) is 0.331. The van der Waals surface area contributed by atoms with E-state index in [1.165, 1.54) is 31.1 Å². The maximum Gasteiger partial charge on any atom is 0.255 e. The lowest BCUT2D eigenvalue weighted by molar-refractivity contribution is -0.139. The molecule has 12 heteroatoms. The van der Waals surface area contributed by atoms with Crippen molar-refractivity contribution in [2.75, 3.05) is 14.1 Å². The number of hydrogen-bond donors (Lipinski definition) is 6. The zero-order valence-corrected chi connectivity index (χ0v) is 22.8. The molecule has 3 aliphatic rings. The molecule has 0 spiro atoms. The van der Waals surface area contributed by atoms with Gasteiger partial charge in [-0.3, -0.25) is 24.1 Å². The van der Waals surface area contributed by atoms with E-state index in [2.05, 4.69) is 0 Å². The Bertz CT molecular complexity index is 1710. The van der Waals surface area contributed by atoms with Gasteiger partial charge in [0.05, 0.1) is 34.3 Å². The quantitative estimate of drug-likeness (QED) is 0.211. The van der Waals surface area contributed by atoms with Gasteiger partial charge in [-0.05, 0) is 50.2 Å². The molecule has 0 unspecified atom stereocenters. The number of aliphatic hydroxyl groups is 2. The van der Waals surface area contributed by atoms with Crippen molar-refractivity contribution in [3.05, 3.63) is 81.6 Å². The Morgan fingerprint density at radius 1 is 1.07 bits per heavy atom. The number of hydrogen-bond acceptors (Lipinski definition) is 11. The molecule has 1 saturated carbocycles. The first kappa shape index (κ1) is 28.7. The molecule has 0 heterocycles. The summed E-state index contributed by atoms with van der Waals surface area (Å²) < 4.78 is 0. The van der Waals surface area contributed by atoms with Crippen LogP contribution >= 0.6 is 0 Å². The molecule has 9 N–H and O–H groups in total. The van der Waals surface area contributed by atoms with Gasteiger partial charge in [0.1, 0.15) is 22.8 Å². The van der Waals surface area contributed by atoms with Crippen LogP contribution in [0.1, 0.15) is 33.5 Å². The Morgan fingerprint density at radius 3 is 2.29 bits per heavy atom. The van der Waals surface area contributed by atoms with Gasteiger partial charge in [-0.1, -0.05) is 30.3 Å². The molecule has 1 fully saturated rings. The van der Waals surface area contributed by atoms with Gasteiger partial charge in [-0.15, -0.1) is 0 Å². The highest BCUT2D eigenvalue weighted by Gasteiger charge is 2.74. The van der Waals surface area contributed by atoms with E-state index < -0.39 is 74.8 Å². The number of fused-ring (bicyclic) bond motifs is 3. The summed E-state index contributed by atoms with van der Waals surface area (Å²) in [5.41, 5.74) is 11.5. The summed E-state index contributed by atoms with van der Waals surface area (Å²) in [5.74, 6) is -6.46. The van der Waals surface area contributed by atoms with Crippen molar-refractivity contribution in [2.45, 2.75) is 36.4 Å². The average molecular weight is 572 g/mol. The minimum Gasteiger partial charge on any atom is -0.509 e. The highest BCUT2D eigenvalue weighted by molar-refractivity contribution is 6.25. The van der Waals surface area contributed by atoms with Crippen LogP contribution in [0.5, 0.6) is 5.75 Å². The summed E-state index contributed by atoms with van der Waals surface area (Å²) in [6.07, 6.45) is -0.819. The third-order valence-corrected chi connectivity index (χ3v) is 8.64. The number of rotatable bonds is 5. The van der Waals surface area contributed by atoms with Crippen LogP contribution in [0.3, 0.4) is 0 Å². The topological polar surface area (TPSA) is 234 Å². The summed E-state index contributed by atoms with van der Waals surface area (Å²) >= 11 is 0. The van der Waals surface area contributed by atoms with Gasteiger partial charge in [0.15, 0.2) is 22.8 Å². The highest BCUT2D eigenvalue weighted by Crippen LogP contribution is 2.58. The number of phenolic OH excluding ortho intramolecular Hbond substituents is 1. The fourth-order valence-electron chi connectivity index (χ4n) is 6.97. The van der Waals surface area contributed by atoms with Crippen LogP contribution in [0.2, 0.25) is 0 Å². The number of primary amides is 1. The monoisotopic (exact) mass is 571 g/mol. The molecule has 0 aliphatic heterocycles. The fraction of sp³-hybridized carbons (Fsp3) is 0.300. The number of carbonyl (C=O) groups excluding carboxylic acids is 4. The number of benzene rings is 2. The molecule has 2 aromatic rings. The molecular weight excluding hydrogens is 542 g/mol. The molecule has 0 saturated heterocycles. The van der Waals surface area contributed by atoms with E-state index in [1.807, 2.05) is 0 Å². The van der Waals surface area contributed by atoms with Crippen LogP contribution in [-0.2, 0) is 27.2 Å². The largest absolute Gasteiger partial charge is 0.509 e. The highest BCUT2D eigenvalue weighted by atomic mass is 16.3.